The third-order valence-corrected chi connectivity index (χ3v) is 2.44. The number of carbonyl (C=O) groups excluding carboxylic acids is 1. The normalized spacial score (nSPS) is 31.4. The Balaban J connectivity index is 2.18. The van der Waals surface area contributed by atoms with Crippen LogP contribution in [0.4, 0.5) is 0 Å². The maximum absolute atomic E-state index is 10.1. The summed E-state index contributed by atoms with van der Waals surface area (Å²) < 4.78 is 0. The highest BCUT2D eigenvalue weighted by Gasteiger charge is 2.18. The summed E-state index contributed by atoms with van der Waals surface area (Å²) in [6.07, 6.45) is 5.41. The van der Waals surface area contributed by atoms with Crippen molar-refractivity contribution in [1.82, 2.24) is 10.6 Å². The molecule has 1 aliphatic rings. The zero-order valence-corrected chi connectivity index (χ0v) is 6.97. The van der Waals surface area contributed by atoms with Crippen LogP contribution in [0.3, 0.4) is 0 Å². The average molecular weight is 156 g/mol. The third kappa shape index (κ3) is 2.50. The summed E-state index contributed by atoms with van der Waals surface area (Å²) in [5, 5.41) is 6.07. The molecule has 2 N–H and O–H groups in total. The Morgan fingerprint density at radius 2 is 1.73 bits per heavy atom. The van der Waals surface area contributed by atoms with Gasteiger partial charge in [-0.2, -0.15) is 0 Å². The van der Waals surface area contributed by atoms with Gasteiger partial charge in [0, 0.05) is 12.1 Å². The van der Waals surface area contributed by atoms with E-state index in [4.69, 9.17) is 0 Å². The van der Waals surface area contributed by atoms with Gasteiger partial charge >= 0.3 is 0 Å². The second kappa shape index (κ2) is 4.34. The molecule has 0 radical (unpaired) electrons. The van der Waals surface area contributed by atoms with Crippen molar-refractivity contribution in [1.29, 1.82) is 0 Å². The van der Waals surface area contributed by atoms with E-state index >= 15 is 0 Å². The van der Waals surface area contributed by atoms with Crippen molar-refractivity contribution in [3.8, 4) is 0 Å². The Hall–Kier alpha value is -0.570. The van der Waals surface area contributed by atoms with Gasteiger partial charge in [0.05, 0.1) is 0 Å². The van der Waals surface area contributed by atoms with Crippen LogP contribution in [-0.4, -0.2) is 25.5 Å². The van der Waals surface area contributed by atoms with Crippen molar-refractivity contribution in [3.63, 3.8) is 0 Å². The molecular formula is C8H16N2O. The number of amides is 1. The Morgan fingerprint density at radius 1 is 1.18 bits per heavy atom. The Bertz CT molecular complexity index is 119. The van der Waals surface area contributed by atoms with E-state index in [-0.39, 0.29) is 0 Å². The monoisotopic (exact) mass is 156 g/mol. The van der Waals surface area contributed by atoms with Crippen LogP contribution >= 0.6 is 0 Å². The van der Waals surface area contributed by atoms with Crippen LogP contribution in [0.5, 0.6) is 0 Å². The minimum atomic E-state index is 0.428. The molecule has 0 saturated heterocycles. The Morgan fingerprint density at radius 3 is 2.18 bits per heavy atom. The fraction of sp³-hybridized carbons (Fsp3) is 0.875. The smallest absolute Gasteiger partial charge is 0.207 e. The summed E-state index contributed by atoms with van der Waals surface area (Å²) in [5.74, 6) is 0. The topological polar surface area (TPSA) is 41.1 Å². The molecule has 1 saturated carbocycles. The lowest BCUT2D eigenvalue weighted by Gasteiger charge is -2.27. The fourth-order valence-electron chi connectivity index (χ4n) is 1.64. The standard InChI is InChI=1S/C8H16N2O/c1-9-7-2-4-8(5-3-7)10-6-11/h6-9H,2-5H2,1H3,(H,10,11)/t7-,8+. The molecule has 11 heavy (non-hydrogen) atoms. The second-order valence-corrected chi connectivity index (χ2v) is 3.12. The molecule has 1 rings (SSSR count). The lowest BCUT2D eigenvalue weighted by Crippen LogP contribution is -2.38. The predicted molar refractivity (Wildman–Crippen MR) is 44.3 cm³/mol. The van der Waals surface area contributed by atoms with Gasteiger partial charge in [0.25, 0.3) is 0 Å². The van der Waals surface area contributed by atoms with E-state index in [0.29, 0.717) is 12.1 Å². The van der Waals surface area contributed by atoms with Crippen molar-refractivity contribution in [3.05, 3.63) is 0 Å². The van der Waals surface area contributed by atoms with E-state index in [0.717, 1.165) is 19.3 Å². The maximum atomic E-state index is 10.1. The van der Waals surface area contributed by atoms with Gasteiger partial charge in [0.1, 0.15) is 0 Å². The van der Waals surface area contributed by atoms with Gasteiger partial charge in [0.2, 0.25) is 6.41 Å². The number of hydrogen-bond acceptors (Lipinski definition) is 2. The minimum absolute atomic E-state index is 0.428. The van der Waals surface area contributed by atoms with Crippen LogP contribution in [0.25, 0.3) is 0 Å². The van der Waals surface area contributed by atoms with E-state index in [9.17, 15) is 4.79 Å². The van der Waals surface area contributed by atoms with E-state index in [1.54, 1.807) is 0 Å². The first-order chi connectivity index (χ1) is 5.36. The lowest BCUT2D eigenvalue weighted by molar-refractivity contribution is -0.110. The summed E-state index contributed by atoms with van der Waals surface area (Å²) in [4.78, 5) is 10.1. The van der Waals surface area contributed by atoms with Gasteiger partial charge in [-0.15, -0.1) is 0 Å². The number of hydrogen-bond donors (Lipinski definition) is 2. The zero-order valence-electron chi connectivity index (χ0n) is 6.97. The molecule has 1 amide bonds. The summed E-state index contributed by atoms with van der Waals surface area (Å²) in [7, 11) is 2.00. The van der Waals surface area contributed by atoms with Gasteiger partial charge in [-0.1, -0.05) is 0 Å². The highest BCUT2D eigenvalue weighted by Crippen LogP contribution is 2.17. The molecule has 0 aromatic rings. The number of carbonyl (C=O) groups is 1. The molecule has 3 nitrogen and oxygen atoms in total. The van der Waals surface area contributed by atoms with Crippen molar-refractivity contribution < 1.29 is 4.79 Å². The van der Waals surface area contributed by atoms with Crippen molar-refractivity contribution in [2.45, 2.75) is 37.8 Å². The molecule has 3 heteroatoms. The van der Waals surface area contributed by atoms with E-state index in [2.05, 4.69) is 10.6 Å². The molecule has 0 spiro atoms. The molecular weight excluding hydrogens is 140 g/mol. The van der Waals surface area contributed by atoms with Gasteiger partial charge in [-0.05, 0) is 32.7 Å². The van der Waals surface area contributed by atoms with Crippen molar-refractivity contribution in [2.24, 2.45) is 0 Å². The molecule has 1 aliphatic carbocycles. The Kier molecular flexibility index (Phi) is 3.36. The van der Waals surface area contributed by atoms with E-state index in [1.807, 2.05) is 7.05 Å². The molecule has 0 aliphatic heterocycles. The summed E-state index contributed by atoms with van der Waals surface area (Å²) in [6, 6.07) is 1.09. The van der Waals surface area contributed by atoms with Crippen LogP contribution in [0.15, 0.2) is 0 Å². The molecule has 0 aromatic heterocycles. The van der Waals surface area contributed by atoms with Gasteiger partial charge in [-0.25, -0.2) is 0 Å². The SMILES string of the molecule is CN[C@H]1CC[C@@H](NC=O)CC1. The van der Waals surface area contributed by atoms with Crippen LogP contribution in [0.1, 0.15) is 25.7 Å². The Labute approximate surface area is 67.5 Å². The highest BCUT2D eigenvalue weighted by atomic mass is 16.1. The van der Waals surface area contributed by atoms with Crippen LogP contribution < -0.4 is 10.6 Å². The van der Waals surface area contributed by atoms with E-state index in [1.165, 1.54) is 12.8 Å². The molecule has 0 unspecified atom stereocenters. The minimum Gasteiger partial charge on any atom is -0.356 e. The largest absolute Gasteiger partial charge is 0.356 e. The first-order valence-electron chi connectivity index (χ1n) is 4.23. The van der Waals surface area contributed by atoms with E-state index < -0.39 is 0 Å². The predicted octanol–water partition coefficient (Wildman–Crippen LogP) is 0.263. The molecule has 64 valence electrons. The number of nitrogens with one attached hydrogen (secondary N) is 2. The van der Waals surface area contributed by atoms with Crippen LogP contribution in [0.2, 0.25) is 0 Å². The van der Waals surface area contributed by atoms with Gasteiger partial charge in [-0.3, -0.25) is 4.79 Å². The lowest BCUT2D eigenvalue weighted by atomic mass is 9.91. The molecule has 0 bridgehead atoms. The first-order valence-corrected chi connectivity index (χ1v) is 4.23. The maximum Gasteiger partial charge on any atom is 0.207 e. The average Bonchev–Trinajstić information content (AvgIpc) is 2.07. The fourth-order valence-corrected chi connectivity index (χ4v) is 1.64. The molecule has 0 atom stereocenters. The van der Waals surface area contributed by atoms with Gasteiger partial charge < -0.3 is 10.6 Å². The third-order valence-electron chi connectivity index (χ3n) is 2.44. The molecule has 1 fully saturated rings. The molecule has 0 heterocycles. The van der Waals surface area contributed by atoms with Crippen LogP contribution in [0, 0.1) is 0 Å². The summed E-state index contributed by atoms with van der Waals surface area (Å²) in [5.41, 5.74) is 0. The quantitative estimate of drug-likeness (QED) is 0.576. The second-order valence-electron chi connectivity index (χ2n) is 3.12. The van der Waals surface area contributed by atoms with Crippen molar-refractivity contribution >= 4 is 6.41 Å². The van der Waals surface area contributed by atoms with Gasteiger partial charge in [0.15, 0.2) is 0 Å². The van der Waals surface area contributed by atoms with Crippen LogP contribution in [-0.2, 0) is 4.79 Å². The summed E-state index contributed by atoms with van der Waals surface area (Å²) >= 11 is 0. The first kappa shape index (κ1) is 8.53. The number of rotatable bonds is 3. The highest BCUT2D eigenvalue weighted by molar-refractivity contribution is 5.46. The summed E-state index contributed by atoms with van der Waals surface area (Å²) in [6.45, 7) is 0. The van der Waals surface area contributed by atoms with Crippen molar-refractivity contribution in [2.75, 3.05) is 7.05 Å². The zero-order chi connectivity index (χ0) is 8.10. The molecule has 0 aromatic carbocycles.